The molecule has 0 aliphatic heterocycles. The Morgan fingerprint density at radius 1 is 1.24 bits per heavy atom. The average Bonchev–Trinajstić information content (AvgIpc) is 3.44. The smallest absolute Gasteiger partial charge is 0.315 e. The van der Waals surface area contributed by atoms with Crippen molar-refractivity contribution in [3.63, 3.8) is 0 Å². The van der Waals surface area contributed by atoms with Gasteiger partial charge < -0.3 is 15.4 Å². The number of amides is 2. The van der Waals surface area contributed by atoms with Gasteiger partial charge in [0.05, 0.1) is 6.61 Å². The van der Waals surface area contributed by atoms with Crippen molar-refractivity contribution in [3.8, 4) is 5.88 Å². The van der Waals surface area contributed by atoms with E-state index >= 15 is 0 Å². The van der Waals surface area contributed by atoms with Crippen LogP contribution < -0.4 is 15.4 Å². The molecule has 1 aromatic carbocycles. The highest BCUT2D eigenvalue weighted by molar-refractivity contribution is 5.74. The van der Waals surface area contributed by atoms with Crippen molar-refractivity contribution in [1.29, 1.82) is 0 Å². The molecule has 1 atom stereocenters. The lowest BCUT2D eigenvalue weighted by Gasteiger charge is -2.15. The molecule has 5 heteroatoms. The number of hydrogen-bond donors (Lipinski definition) is 2. The fourth-order valence-corrected chi connectivity index (χ4v) is 2.60. The first-order valence-electron chi connectivity index (χ1n) is 8.85. The van der Waals surface area contributed by atoms with E-state index in [0.717, 1.165) is 18.6 Å². The molecular weight excluding hydrogens is 314 g/mol. The molecule has 1 fully saturated rings. The summed E-state index contributed by atoms with van der Waals surface area (Å²) in [4.78, 5) is 16.3. The van der Waals surface area contributed by atoms with Crippen LogP contribution in [0.25, 0.3) is 0 Å². The van der Waals surface area contributed by atoms with E-state index in [1.54, 1.807) is 6.20 Å². The van der Waals surface area contributed by atoms with Gasteiger partial charge in [-0.05, 0) is 49.3 Å². The summed E-state index contributed by atoms with van der Waals surface area (Å²) in [6.07, 6.45) is 5.03. The molecule has 0 spiro atoms. The minimum absolute atomic E-state index is 0.0669. The maximum atomic E-state index is 12.1. The Labute approximate surface area is 148 Å². The number of ether oxygens (including phenoxy) is 1. The fourth-order valence-electron chi connectivity index (χ4n) is 2.60. The maximum Gasteiger partial charge on any atom is 0.315 e. The molecule has 1 aromatic heterocycles. The Morgan fingerprint density at radius 2 is 2.04 bits per heavy atom. The summed E-state index contributed by atoms with van der Waals surface area (Å²) in [7, 11) is 0. The maximum absolute atomic E-state index is 12.1. The van der Waals surface area contributed by atoms with Crippen LogP contribution in [0.5, 0.6) is 5.88 Å². The molecule has 0 saturated heterocycles. The molecular formula is C20H25N3O2. The predicted octanol–water partition coefficient (Wildman–Crippen LogP) is 3.30. The zero-order chi connectivity index (χ0) is 17.5. The zero-order valence-electron chi connectivity index (χ0n) is 14.6. The second-order valence-corrected chi connectivity index (χ2v) is 6.67. The summed E-state index contributed by atoms with van der Waals surface area (Å²) in [5.41, 5.74) is 2.19. The molecule has 1 saturated carbocycles. The lowest BCUT2D eigenvalue weighted by molar-refractivity contribution is 0.237. The Morgan fingerprint density at radius 3 is 2.80 bits per heavy atom. The van der Waals surface area contributed by atoms with Crippen LogP contribution >= 0.6 is 0 Å². The van der Waals surface area contributed by atoms with Crippen LogP contribution in [0.2, 0.25) is 0 Å². The molecule has 2 aromatic rings. The molecule has 5 nitrogen and oxygen atoms in total. The number of nitrogens with one attached hydrogen (secondary N) is 2. The third-order valence-corrected chi connectivity index (χ3v) is 4.18. The van der Waals surface area contributed by atoms with E-state index in [9.17, 15) is 4.79 Å². The molecule has 25 heavy (non-hydrogen) atoms. The van der Waals surface area contributed by atoms with E-state index in [-0.39, 0.29) is 12.1 Å². The second-order valence-electron chi connectivity index (χ2n) is 6.67. The number of pyridine rings is 1. The van der Waals surface area contributed by atoms with Gasteiger partial charge in [0.25, 0.3) is 0 Å². The Kier molecular flexibility index (Phi) is 5.88. The van der Waals surface area contributed by atoms with Crippen molar-refractivity contribution in [2.24, 2.45) is 5.92 Å². The van der Waals surface area contributed by atoms with Crippen LogP contribution in [-0.4, -0.2) is 23.7 Å². The Hall–Kier alpha value is -2.56. The van der Waals surface area contributed by atoms with Crippen molar-refractivity contribution in [3.05, 3.63) is 59.8 Å². The summed E-state index contributed by atoms with van der Waals surface area (Å²) in [5.74, 6) is 1.32. The molecule has 0 radical (unpaired) electrons. The van der Waals surface area contributed by atoms with Gasteiger partial charge >= 0.3 is 6.03 Å². The molecule has 1 aliphatic carbocycles. The molecule has 3 rings (SSSR count). The molecule has 1 heterocycles. The van der Waals surface area contributed by atoms with Crippen LogP contribution in [0.4, 0.5) is 4.79 Å². The van der Waals surface area contributed by atoms with Gasteiger partial charge in [-0.3, -0.25) is 0 Å². The van der Waals surface area contributed by atoms with Crippen LogP contribution in [0.3, 0.4) is 0 Å². The first-order chi connectivity index (χ1) is 12.2. The average molecular weight is 339 g/mol. The van der Waals surface area contributed by atoms with Crippen LogP contribution in [0.15, 0.2) is 48.7 Å². The SMILES string of the molecule is CC(Cc1ccccc1)NC(=O)NCc1ccnc(OCC2CC2)c1. The molecule has 2 N–H and O–H groups in total. The highest BCUT2D eigenvalue weighted by Crippen LogP contribution is 2.29. The van der Waals surface area contributed by atoms with Crippen molar-refractivity contribution in [2.75, 3.05) is 6.61 Å². The molecule has 0 bridgehead atoms. The molecule has 1 aliphatic rings. The number of hydrogen-bond acceptors (Lipinski definition) is 3. The van der Waals surface area contributed by atoms with E-state index in [2.05, 4.69) is 27.8 Å². The summed E-state index contributed by atoms with van der Waals surface area (Å²) < 4.78 is 5.67. The monoisotopic (exact) mass is 339 g/mol. The van der Waals surface area contributed by atoms with Crippen molar-refractivity contribution in [2.45, 2.75) is 38.8 Å². The van der Waals surface area contributed by atoms with Crippen molar-refractivity contribution in [1.82, 2.24) is 15.6 Å². The Bertz CT molecular complexity index is 686. The summed E-state index contributed by atoms with van der Waals surface area (Å²) in [6.45, 7) is 3.19. The van der Waals surface area contributed by atoms with E-state index in [4.69, 9.17) is 4.74 Å². The van der Waals surface area contributed by atoms with E-state index in [0.29, 0.717) is 18.3 Å². The topological polar surface area (TPSA) is 63.2 Å². The van der Waals surface area contributed by atoms with E-state index in [1.807, 2.05) is 37.3 Å². The highest BCUT2D eigenvalue weighted by atomic mass is 16.5. The number of benzene rings is 1. The highest BCUT2D eigenvalue weighted by Gasteiger charge is 2.22. The number of rotatable bonds is 8. The van der Waals surface area contributed by atoms with Gasteiger partial charge in [0, 0.05) is 24.8 Å². The van der Waals surface area contributed by atoms with Gasteiger partial charge in [-0.2, -0.15) is 0 Å². The summed E-state index contributed by atoms with van der Waals surface area (Å²) >= 11 is 0. The van der Waals surface area contributed by atoms with Crippen molar-refractivity contribution >= 4 is 6.03 Å². The lowest BCUT2D eigenvalue weighted by Crippen LogP contribution is -2.41. The zero-order valence-corrected chi connectivity index (χ0v) is 14.6. The largest absolute Gasteiger partial charge is 0.477 e. The number of urea groups is 1. The van der Waals surface area contributed by atoms with Gasteiger partial charge in [-0.15, -0.1) is 0 Å². The van der Waals surface area contributed by atoms with Gasteiger partial charge in [0.2, 0.25) is 5.88 Å². The third kappa shape index (κ3) is 6.10. The van der Waals surface area contributed by atoms with Gasteiger partial charge in [0.1, 0.15) is 0 Å². The van der Waals surface area contributed by atoms with Gasteiger partial charge in [0.15, 0.2) is 0 Å². The minimum Gasteiger partial charge on any atom is -0.477 e. The van der Waals surface area contributed by atoms with E-state index in [1.165, 1.54) is 18.4 Å². The minimum atomic E-state index is -0.166. The predicted molar refractivity (Wildman–Crippen MR) is 97.4 cm³/mol. The first-order valence-corrected chi connectivity index (χ1v) is 8.85. The van der Waals surface area contributed by atoms with Crippen LogP contribution in [0.1, 0.15) is 30.9 Å². The van der Waals surface area contributed by atoms with Crippen LogP contribution in [0, 0.1) is 5.92 Å². The Balaban J connectivity index is 1.41. The number of carbonyl (C=O) groups excluding carboxylic acids is 1. The quantitative estimate of drug-likeness (QED) is 0.776. The van der Waals surface area contributed by atoms with Crippen molar-refractivity contribution < 1.29 is 9.53 Å². The number of nitrogens with zero attached hydrogens (tertiary/aromatic N) is 1. The van der Waals surface area contributed by atoms with Gasteiger partial charge in [-0.25, -0.2) is 9.78 Å². The van der Waals surface area contributed by atoms with Crippen LogP contribution in [-0.2, 0) is 13.0 Å². The standard InChI is InChI=1S/C20H25N3O2/c1-15(11-16-5-3-2-4-6-16)23-20(24)22-13-18-9-10-21-19(12-18)25-14-17-7-8-17/h2-6,9-10,12,15,17H,7-8,11,13-14H2,1H3,(H2,22,23,24). The lowest BCUT2D eigenvalue weighted by atomic mass is 10.1. The third-order valence-electron chi connectivity index (χ3n) is 4.18. The molecule has 1 unspecified atom stereocenters. The molecule has 132 valence electrons. The summed E-state index contributed by atoms with van der Waals surface area (Å²) in [5, 5.41) is 5.85. The normalized spacial score (nSPS) is 14.6. The number of aromatic nitrogens is 1. The first kappa shape index (κ1) is 17.3. The second kappa shape index (κ2) is 8.51. The molecule has 2 amide bonds. The van der Waals surface area contributed by atoms with Gasteiger partial charge in [-0.1, -0.05) is 30.3 Å². The number of carbonyl (C=O) groups is 1. The summed E-state index contributed by atoms with van der Waals surface area (Å²) in [6, 6.07) is 13.8. The van der Waals surface area contributed by atoms with E-state index < -0.39 is 0 Å². The fraction of sp³-hybridized carbons (Fsp3) is 0.400.